The molecule has 0 atom stereocenters. The number of hydrogen-bond donors (Lipinski definition) is 1. The Balaban J connectivity index is 0.000000322. The maximum Gasteiger partial charge on any atom is 0.295 e. The van der Waals surface area contributed by atoms with Gasteiger partial charge in [0.2, 0.25) is 20.0 Å². The van der Waals surface area contributed by atoms with Crippen LogP contribution in [0.25, 0.3) is 22.5 Å². The van der Waals surface area contributed by atoms with Crippen LogP contribution in [0.4, 0.5) is 0 Å². The summed E-state index contributed by atoms with van der Waals surface area (Å²) in [6.45, 7) is 12.1. The third kappa shape index (κ3) is 17.3. The Bertz CT molecular complexity index is 2910. The van der Waals surface area contributed by atoms with Crippen LogP contribution in [0.15, 0.2) is 95.0 Å². The highest BCUT2D eigenvalue weighted by molar-refractivity contribution is 7.89. The van der Waals surface area contributed by atoms with Crippen molar-refractivity contribution in [2.45, 2.75) is 70.7 Å². The first-order chi connectivity index (χ1) is 34.6. The van der Waals surface area contributed by atoms with Crippen molar-refractivity contribution in [3.63, 3.8) is 0 Å². The number of benzene rings is 4. The maximum atomic E-state index is 13.1. The molecule has 0 aliphatic heterocycles. The van der Waals surface area contributed by atoms with Crippen molar-refractivity contribution in [1.82, 2.24) is 27.7 Å². The number of Topliss-reactive ketones (excluding diaryl/α,β-unsaturated/α-hetero) is 1. The average Bonchev–Trinajstić information content (AvgIpc) is 3.89. The molecule has 0 radical (unpaired) electrons. The van der Waals surface area contributed by atoms with E-state index in [0.717, 1.165) is 45.3 Å². The Hall–Kier alpha value is -5.97. The molecule has 2 N–H and O–H groups in total. The van der Waals surface area contributed by atoms with Crippen LogP contribution in [0.3, 0.4) is 0 Å². The number of aromatic nitrogens is 4. The van der Waals surface area contributed by atoms with E-state index in [4.69, 9.17) is 24.7 Å². The Morgan fingerprint density at radius 3 is 1.39 bits per heavy atom. The largest absolute Gasteiger partial charge is 0.497 e. The summed E-state index contributed by atoms with van der Waals surface area (Å²) >= 11 is 0. The van der Waals surface area contributed by atoms with E-state index in [-0.39, 0.29) is 74.2 Å². The van der Waals surface area contributed by atoms with E-state index < -0.39 is 20.0 Å². The van der Waals surface area contributed by atoms with E-state index in [1.54, 1.807) is 59.1 Å². The second kappa shape index (κ2) is 29.2. The van der Waals surface area contributed by atoms with E-state index in [1.165, 1.54) is 29.8 Å². The molecular formula is C53H72ClN7O11S2. The summed E-state index contributed by atoms with van der Waals surface area (Å²) in [5.74, 6) is 3.19. The van der Waals surface area contributed by atoms with E-state index >= 15 is 0 Å². The molecule has 6 aromatic rings. The molecule has 0 aliphatic carbocycles. The molecule has 0 fully saturated rings. The number of nitrogens with zero attached hydrogens (tertiary/aromatic N) is 6. The standard InChI is InChI=1S/C27H35N3O5S.C14H21NO6S.C12H15N3.ClH/c1-19-15-25(34-6)16-20(2)27(19)36(32,33)30(5)13-14-35-18-24(31)12-9-22-7-10-23(11-8-22)26-17-29(4)21(3)28-26;1-11-7-13(19-4)8-12(2)14(11)22(17,18)15(3)5-6-20-10-21-9-16;1-9-14-12(8-15(9)2)11-5-3-10(7-13)4-6-11;/h7-8,10-11,15-17H,9,12-14,18H2,1-6H3;7-9H,5-6,10H2,1-4H3;3-6,8H,7,13H2,1-2H3;1H. The fourth-order valence-electron chi connectivity index (χ4n) is 7.54. The minimum Gasteiger partial charge on any atom is -0.497 e. The van der Waals surface area contributed by atoms with Gasteiger partial charge in [-0.3, -0.25) is 9.59 Å². The molecule has 6 rings (SSSR count). The molecule has 2 heterocycles. The topological polar surface area (TPSA) is 217 Å². The van der Waals surface area contributed by atoms with Crippen molar-refractivity contribution in [2.75, 3.05) is 68.0 Å². The highest BCUT2D eigenvalue weighted by Crippen LogP contribution is 2.29. The zero-order chi connectivity index (χ0) is 54.0. The molecule has 0 bridgehead atoms. The molecule has 404 valence electrons. The van der Waals surface area contributed by atoms with Gasteiger partial charge in [-0.2, -0.15) is 8.61 Å². The number of rotatable bonds is 23. The van der Waals surface area contributed by atoms with Gasteiger partial charge in [-0.25, -0.2) is 26.8 Å². The number of nitrogens with two attached hydrogens (primary N) is 1. The van der Waals surface area contributed by atoms with Crippen LogP contribution in [0.1, 0.15) is 51.5 Å². The number of carbonyl (C=O) groups excluding carboxylic acids is 2. The van der Waals surface area contributed by atoms with Crippen LogP contribution in [-0.4, -0.2) is 125 Å². The predicted octanol–water partition coefficient (Wildman–Crippen LogP) is 7.22. The fraction of sp³-hybridized carbons (Fsp3) is 0.396. The van der Waals surface area contributed by atoms with Gasteiger partial charge in [0, 0.05) is 77.8 Å². The molecule has 2 aromatic heterocycles. The number of ketones is 1. The Kier molecular flexibility index (Phi) is 24.6. The summed E-state index contributed by atoms with van der Waals surface area (Å²) in [5, 5.41) is 0. The zero-order valence-corrected chi connectivity index (χ0v) is 46.9. The molecule has 21 heteroatoms. The molecule has 0 saturated heterocycles. The predicted molar refractivity (Wildman–Crippen MR) is 289 cm³/mol. The van der Waals surface area contributed by atoms with Crippen molar-refractivity contribution in [1.29, 1.82) is 0 Å². The molecular weight excluding hydrogens is 1010 g/mol. The Labute approximate surface area is 443 Å². The quantitative estimate of drug-likeness (QED) is 0.0381. The normalized spacial score (nSPS) is 11.3. The molecule has 0 unspecified atom stereocenters. The number of likely N-dealkylation sites (N-methyl/N-ethyl adjacent to an activating group) is 2. The van der Waals surface area contributed by atoms with Gasteiger partial charge in [0.05, 0.1) is 48.6 Å². The van der Waals surface area contributed by atoms with Crippen LogP contribution in [-0.2, 0) is 70.9 Å². The van der Waals surface area contributed by atoms with Crippen LogP contribution >= 0.6 is 12.4 Å². The van der Waals surface area contributed by atoms with Gasteiger partial charge in [-0.1, -0.05) is 48.5 Å². The minimum atomic E-state index is -3.69. The van der Waals surface area contributed by atoms with Gasteiger partial charge in [0.1, 0.15) is 29.8 Å². The number of ether oxygens (including phenoxy) is 5. The molecule has 0 amide bonds. The van der Waals surface area contributed by atoms with Crippen LogP contribution in [0, 0.1) is 41.5 Å². The summed E-state index contributed by atoms with van der Waals surface area (Å²) in [4.78, 5) is 31.8. The zero-order valence-electron chi connectivity index (χ0n) is 44.5. The van der Waals surface area contributed by atoms with Crippen LogP contribution in [0.2, 0.25) is 0 Å². The lowest BCUT2D eigenvalue weighted by Gasteiger charge is -2.20. The summed E-state index contributed by atoms with van der Waals surface area (Å²) in [5.41, 5.74) is 14.4. The first kappa shape index (κ1) is 62.3. The third-order valence-electron chi connectivity index (χ3n) is 11.9. The van der Waals surface area contributed by atoms with E-state index in [9.17, 15) is 26.4 Å². The second-order valence-corrected chi connectivity index (χ2v) is 21.3. The summed E-state index contributed by atoms with van der Waals surface area (Å²) < 4.78 is 83.0. The van der Waals surface area contributed by atoms with Crippen molar-refractivity contribution >= 4 is 44.7 Å². The van der Waals surface area contributed by atoms with Gasteiger partial charge in [-0.05, 0) is 106 Å². The Morgan fingerprint density at radius 2 is 1.04 bits per heavy atom. The number of carbonyl (C=O) groups is 2. The summed E-state index contributed by atoms with van der Waals surface area (Å²) in [6.07, 6.45) is 5.01. The third-order valence-corrected chi connectivity index (χ3v) is 16.2. The van der Waals surface area contributed by atoms with Crippen molar-refractivity contribution in [3.8, 4) is 34.0 Å². The SMILES string of the molecule is COc1cc(C)c(S(=O)(=O)N(C)CCOCC(=O)CCc2ccc(-c3cn(C)c(C)n3)cc2)c(C)c1.COc1cc(C)c(S(=O)(=O)N(C)CCOCOC=O)c(C)c1.Cc1nc(-c2ccc(CN)cc2)cn1C.Cl. The van der Waals surface area contributed by atoms with E-state index in [0.29, 0.717) is 53.1 Å². The number of aryl methyl sites for hydroxylation is 9. The number of hydrogen-bond acceptors (Lipinski definition) is 14. The van der Waals surface area contributed by atoms with Crippen LogP contribution in [0.5, 0.6) is 11.5 Å². The molecule has 18 nitrogen and oxygen atoms in total. The van der Waals surface area contributed by atoms with Gasteiger partial charge in [0.25, 0.3) is 6.47 Å². The summed E-state index contributed by atoms with van der Waals surface area (Å²) in [6, 6.07) is 23.0. The number of halogens is 1. The lowest BCUT2D eigenvalue weighted by Crippen LogP contribution is -2.31. The van der Waals surface area contributed by atoms with Gasteiger partial charge < -0.3 is 38.6 Å². The number of imidazole rings is 2. The number of sulfonamides is 2. The Morgan fingerprint density at radius 1 is 0.649 bits per heavy atom. The van der Waals surface area contributed by atoms with Crippen LogP contribution < -0.4 is 15.2 Å². The first-order valence-corrected chi connectivity index (χ1v) is 26.3. The van der Waals surface area contributed by atoms with Crippen molar-refractivity contribution in [2.24, 2.45) is 19.8 Å². The lowest BCUT2D eigenvalue weighted by atomic mass is 10.0. The lowest BCUT2D eigenvalue weighted by molar-refractivity contribution is -0.140. The first-order valence-electron chi connectivity index (χ1n) is 23.4. The monoisotopic (exact) mass is 1080 g/mol. The van der Waals surface area contributed by atoms with Gasteiger partial charge >= 0.3 is 0 Å². The molecule has 0 saturated carbocycles. The molecule has 4 aromatic carbocycles. The smallest absolute Gasteiger partial charge is 0.295 e. The summed E-state index contributed by atoms with van der Waals surface area (Å²) in [7, 11) is 2.72. The van der Waals surface area contributed by atoms with E-state index in [2.05, 4.69) is 26.8 Å². The number of methoxy groups -OCH3 is 2. The van der Waals surface area contributed by atoms with Crippen molar-refractivity contribution in [3.05, 3.63) is 130 Å². The maximum absolute atomic E-state index is 13.1. The highest BCUT2D eigenvalue weighted by Gasteiger charge is 2.27. The molecule has 0 aliphatic rings. The van der Waals surface area contributed by atoms with Crippen molar-refractivity contribution < 1.29 is 50.1 Å². The second-order valence-electron chi connectivity index (χ2n) is 17.4. The van der Waals surface area contributed by atoms with Gasteiger partial charge in [0.15, 0.2) is 12.6 Å². The highest BCUT2D eigenvalue weighted by atomic mass is 35.5. The molecule has 74 heavy (non-hydrogen) atoms. The van der Waals surface area contributed by atoms with E-state index in [1.807, 2.05) is 85.9 Å². The van der Waals surface area contributed by atoms with Gasteiger partial charge in [-0.15, -0.1) is 12.4 Å². The molecule has 0 spiro atoms. The average molecular weight is 1080 g/mol. The fourth-order valence-corrected chi connectivity index (χ4v) is 10.7. The minimum absolute atomic E-state index is 0.